The van der Waals surface area contributed by atoms with Crippen molar-refractivity contribution in [2.45, 2.75) is 71.6 Å². The van der Waals surface area contributed by atoms with Crippen LogP contribution in [0.3, 0.4) is 0 Å². The Morgan fingerprint density at radius 3 is 2.41 bits per heavy atom. The fourth-order valence-electron chi connectivity index (χ4n) is 5.65. The number of benzene rings is 1. The lowest BCUT2D eigenvalue weighted by Crippen LogP contribution is -2.42. The Balaban J connectivity index is 1.27. The van der Waals surface area contributed by atoms with Crippen molar-refractivity contribution < 1.29 is 19.0 Å². The molecule has 0 saturated carbocycles. The van der Waals surface area contributed by atoms with E-state index in [9.17, 15) is 4.79 Å². The number of ether oxygens (including phenoxy) is 3. The summed E-state index contributed by atoms with van der Waals surface area (Å²) in [5.74, 6) is 1.47. The van der Waals surface area contributed by atoms with Gasteiger partial charge in [-0.25, -0.2) is 14.8 Å². The second kappa shape index (κ2) is 13.9. The predicted octanol–water partition coefficient (Wildman–Crippen LogP) is 6.31. The van der Waals surface area contributed by atoms with Gasteiger partial charge in [-0.1, -0.05) is 31.8 Å². The Bertz CT molecular complexity index is 1380. The quantitative estimate of drug-likeness (QED) is 0.208. The largest absolute Gasteiger partial charge is 0.444 e. The monoisotopic (exact) mass is 622 g/mol. The van der Waals surface area contributed by atoms with Gasteiger partial charge < -0.3 is 33.9 Å². The molecule has 2 saturated heterocycles. The molecule has 0 atom stereocenters. The van der Waals surface area contributed by atoms with Crippen LogP contribution >= 0.6 is 0 Å². The molecule has 2 aliphatic heterocycles. The summed E-state index contributed by atoms with van der Waals surface area (Å²) in [5.41, 5.74) is 3.70. The summed E-state index contributed by atoms with van der Waals surface area (Å²) in [7, 11) is -1.19. The highest BCUT2D eigenvalue weighted by Crippen LogP contribution is 2.33. The molecule has 0 unspecified atom stereocenters. The molecule has 2 aromatic heterocycles. The van der Waals surface area contributed by atoms with E-state index in [0.717, 1.165) is 92.0 Å². The number of rotatable bonds is 10. The molecule has 3 aromatic rings. The van der Waals surface area contributed by atoms with Gasteiger partial charge in [0.15, 0.2) is 0 Å². The maximum absolute atomic E-state index is 12.4. The van der Waals surface area contributed by atoms with Crippen LogP contribution in [0.15, 0.2) is 36.7 Å². The van der Waals surface area contributed by atoms with Crippen LogP contribution < -0.4 is 10.2 Å². The number of amides is 1. The zero-order valence-corrected chi connectivity index (χ0v) is 28.4. The summed E-state index contributed by atoms with van der Waals surface area (Å²) < 4.78 is 19.6. The molecule has 240 valence electrons. The molecule has 0 bridgehead atoms. The van der Waals surface area contributed by atoms with Gasteiger partial charge in [-0.3, -0.25) is 0 Å². The van der Waals surface area contributed by atoms with E-state index in [1.807, 2.05) is 25.7 Å². The molecule has 0 radical (unpaired) electrons. The van der Waals surface area contributed by atoms with Crippen molar-refractivity contribution in [3.05, 3.63) is 36.7 Å². The van der Waals surface area contributed by atoms with Crippen LogP contribution in [0.4, 0.5) is 16.3 Å². The normalized spacial score (nSPS) is 16.9. The van der Waals surface area contributed by atoms with Crippen LogP contribution in [-0.4, -0.2) is 91.7 Å². The Kier molecular flexibility index (Phi) is 10.2. The second-order valence-corrected chi connectivity index (χ2v) is 19.8. The average molecular weight is 623 g/mol. The second-order valence-electron chi connectivity index (χ2n) is 14.2. The molecule has 0 aliphatic carbocycles. The highest BCUT2D eigenvalue weighted by Gasteiger charge is 2.27. The number of morpholine rings is 1. The zero-order valence-electron chi connectivity index (χ0n) is 27.4. The number of likely N-dealkylation sites (tertiary alicyclic amines) is 1. The van der Waals surface area contributed by atoms with Crippen LogP contribution in [0.25, 0.3) is 22.3 Å². The first-order valence-corrected chi connectivity index (χ1v) is 19.7. The van der Waals surface area contributed by atoms with Crippen LogP contribution in [-0.2, 0) is 20.9 Å². The molecule has 2 aliphatic rings. The van der Waals surface area contributed by atoms with Gasteiger partial charge in [-0.05, 0) is 69.3 Å². The van der Waals surface area contributed by atoms with E-state index in [0.29, 0.717) is 25.9 Å². The third kappa shape index (κ3) is 8.51. The van der Waals surface area contributed by atoms with E-state index in [1.54, 1.807) is 6.33 Å². The van der Waals surface area contributed by atoms with E-state index in [1.165, 1.54) is 0 Å². The minimum atomic E-state index is -1.19. The predicted molar refractivity (Wildman–Crippen MR) is 179 cm³/mol. The number of nitrogens with one attached hydrogen (secondary N) is 1. The van der Waals surface area contributed by atoms with Crippen molar-refractivity contribution in [3.8, 4) is 11.3 Å². The van der Waals surface area contributed by atoms with Gasteiger partial charge >= 0.3 is 6.09 Å². The summed E-state index contributed by atoms with van der Waals surface area (Å²) >= 11 is 0. The lowest BCUT2D eigenvalue weighted by molar-refractivity contribution is 0.0188. The van der Waals surface area contributed by atoms with E-state index < -0.39 is 13.7 Å². The number of carbonyl (C=O) groups excluding carboxylic acids is 1. The van der Waals surface area contributed by atoms with E-state index in [2.05, 4.69) is 64.8 Å². The van der Waals surface area contributed by atoms with Gasteiger partial charge in [-0.15, -0.1) is 0 Å². The summed E-state index contributed by atoms with van der Waals surface area (Å²) in [4.78, 5) is 25.9. The molecular formula is C33H50N6O4Si. The molecule has 4 heterocycles. The molecule has 2 fully saturated rings. The van der Waals surface area contributed by atoms with Crippen molar-refractivity contribution in [1.82, 2.24) is 19.4 Å². The standard InChI is InChI=1S/C33H50N6O4Si/c1-33(2,3)43-32(40)38-13-11-25(12-14-38)22-34-27-9-7-26(8-10-27)29-21-28-30(37-15-17-41-18-16-37)35-23-36-31(28)39(29)24-42-19-20-44(4,5)6/h7-10,21,23,25,34H,11-20,22,24H2,1-6H3. The summed E-state index contributed by atoms with van der Waals surface area (Å²) in [6, 6.07) is 12.0. The average Bonchev–Trinajstić information content (AvgIpc) is 3.36. The number of piperidine rings is 1. The number of hydrogen-bond acceptors (Lipinski definition) is 8. The summed E-state index contributed by atoms with van der Waals surface area (Å²) in [5, 5.41) is 4.66. The Hall–Kier alpha value is -3.15. The smallest absolute Gasteiger partial charge is 0.410 e. The minimum absolute atomic E-state index is 0.207. The Morgan fingerprint density at radius 2 is 1.75 bits per heavy atom. The molecule has 11 heteroatoms. The van der Waals surface area contributed by atoms with Crippen molar-refractivity contribution in [1.29, 1.82) is 0 Å². The number of anilines is 2. The number of hydrogen-bond donors (Lipinski definition) is 1. The van der Waals surface area contributed by atoms with Gasteiger partial charge in [0.2, 0.25) is 0 Å². The molecule has 0 spiro atoms. The van der Waals surface area contributed by atoms with Crippen molar-refractivity contribution in [3.63, 3.8) is 0 Å². The lowest BCUT2D eigenvalue weighted by atomic mass is 9.97. The third-order valence-corrected chi connectivity index (χ3v) is 9.94. The Labute approximate surface area is 263 Å². The summed E-state index contributed by atoms with van der Waals surface area (Å²) in [6.07, 6.45) is 3.39. The van der Waals surface area contributed by atoms with Crippen LogP contribution in [0.5, 0.6) is 0 Å². The molecule has 1 N–H and O–H groups in total. The fraction of sp³-hybridized carbons (Fsp3) is 0.606. The fourth-order valence-corrected chi connectivity index (χ4v) is 6.41. The van der Waals surface area contributed by atoms with E-state index in [4.69, 9.17) is 24.2 Å². The topological polar surface area (TPSA) is 94.0 Å². The van der Waals surface area contributed by atoms with Gasteiger partial charge in [0.05, 0.1) is 24.3 Å². The van der Waals surface area contributed by atoms with E-state index in [-0.39, 0.29) is 6.09 Å². The summed E-state index contributed by atoms with van der Waals surface area (Å²) in [6.45, 7) is 19.4. The first-order chi connectivity index (χ1) is 21.0. The SMILES string of the molecule is CC(C)(C)OC(=O)N1CCC(CNc2ccc(-c3cc4c(N5CCOCC5)ncnc4n3COCC[Si](C)(C)C)cc2)CC1. The molecule has 44 heavy (non-hydrogen) atoms. The number of carbonyl (C=O) groups is 1. The van der Waals surface area contributed by atoms with Crippen LogP contribution in [0.2, 0.25) is 25.7 Å². The first-order valence-electron chi connectivity index (χ1n) is 16.0. The number of nitrogens with zero attached hydrogens (tertiary/aromatic N) is 5. The van der Waals surface area contributed by atoms with E-state index >= 15 is 0 Å². The number of fused-ring (bicyclic) bond motifs is 1. The maximum Gasteiger partial charge on any atom is 0.410 e. The van der Waals surface area contributed by atoms with Crippen molar-refractivity contribution in [2.24, 2.45) is 5.92 Å². The maximum atomic E-state index is 12.4. The highest BCUT2D eigenvalue weighted by molar-refractivity contribution is 6.76. The molecule has 1 amide bonds. The molecular weight excluding hydrogens is 572 g/mol. The van der Waals surface area contributed by atoms with Crippen molar-refractivity contribution in [2.75, 3.05) is 62.8 Å². The lowest BCUT2D eigenvalue weighted by Gasteiger charge is -2.33. The van der Waals surface area contributed by atoms with Gasteiger partial charge in [0, 0.05) is 53.1 Å². The highest BCUT2D eigenvalue weighted by atomic mass is 28.3. The Morgan fingerprint density at radius 1 is 1.05 bits per heavy atom. The molecule has 5 rings (SSSR count). The van der Waals surface area contributed by atoms with Gasteiger partial charge in [0.25, 0.3) is 0 Å². The first kappa shape index (κ1) is 32.2. The molecule has 10 nitrogen and oxygen atoms in total. The van der Waals surface area contributed by atoms with Crippen molar-refractivity contribution >= 4 is 36.7 Å². The third-order valence-electron chi connectivity index (χ3n) is 8.24. The zero-order chi connectivity index (χ0) is 31.3. The van der Waals surface area contributed by atoms with Crippen LogP contribution in [0.1, 0.15) is 33.6 Å². The van der Waals surface area contributed by atoms with Crippen LogP contribution in [0, 0.1) is 5.92 Å². The molecule has 1 aromatic carbocycles. The van der Waals surface area contributed by atoms with Gasteiger partial charge in [-0.2, -0.15) is 0 Å². The number of aromatic nitrogens is 3. The van der Waals surface area contributed by atoms with Gasteiger partial charge in [0.1, 0.15) is 30.1 Å². The minimum Gasteiger partial charge on any atom is -0.444 e.